The van der Waals surface area contributed by atoms with E-state index in [0.717, 1.165) is 30.8 Å². The van der Waals surface area contributed by atoms with Crippen molar-refractivity contribution < 1.29 is 9.53 Å². The molecule has 2 heterocycles. The van der Waals surface area contributed by atoms with Gasteiger partial charge in [-0.2, -0.15) is 0 Å². The molecule has 0 atom stereocenters. The number of ether oxygens (including phenoxy) is 1. The fourth-order valence-corrected chi connectivity index (χ4v) is 4.56. The number of nitrogens with zero attached hydrogens (tertiary/aromatic N) is 3. The highest BCUT2D eigenvalue weighted by atomic mass is 35.5. The smallest absolute Gasteiger partial charge is 0.410 e. The van der Waals surface area contributed by atoms with Gasteiger partial charge in [-0.15, -0.1) is 11.3 Å². The minimum Gasteiger partial charge on any atom is -0.444 e. The van der Waals surface area contributed by atoms with Crippen molar-refractivity contribution in [2.45, 2.75) is 65.6 Å². The van der Waals surface area contributed by atoms with Gasteiger partial charge in [0.25, 0.3) is 0 Å². The molecule has 2 rings (SSSR count). The molecule has 26 heavy (non-hydrogen) atoms. The molecule has 0 unspecified atom stereocenters. The van der Waals surface area contributed by atoms with Crippen LogP contribution in [0.15, 0.2) is 0 Å². The number of likely N-dealkylation sites (tertiary alicyclic amines) is 1. The van der Waals surface area contributed by atoms with Gasteiger partial charge in [-0.25, -0.2) is 9.78 Å². The molecule has 0 aromatic carbocycles. The maximum atomic E-state index is 12.3. The first-order valence-corrected chi connectivity index (χ1v) is 10.6. The zero-order chi connectivity index (χ0) is 19.5. The molecule has 8 heteroatoms. The van der Waals surface area contributed by atoms with E-state index in [1.807, 2.05) is 25.7 Å². The molecule has 1 saturated heterocycles. The number of thiazole rings is 1. The Bertz CT molecular complexity index is 608. The molecule has 0 saturated carbocycles. The maximum absolute atomic E-state index is 12.3. The molecule has 0 aliphatic carbocycles. The summed E-state index contributed by atoms with van der Waals surface area (Å²) in [6.45, 7) is 13.3. The SMILES string of the molecule is CC(C)CN(Cc1sc(Cl)nc1Cl)C1CCN(C(=O)OC(C)(C)C)CC1. The van der Waals surface area contributed by atoms with Crippen LogP contribution in [0.1, 0.15) is 52.3 Å². The summed E-state index contributed by atoms with van der Waals surface area (Å²) in [5.74, 6) is 0.543. The molecule has 0 bridgehead atoms. The first-order valence-electron chi connectivity index (χ1n) is 9.08. The van der Waals surface area contributed by atoms with Crippen LogP contribution >= 0.6 is 34.5 Å². The van der Waals surface area contributed by atoms with Crippen LogP contribution in [0.4, 0.5) is 4.79 Å². The fourth-order valence-electron chi connectivity index (χ4n) is 3.14. The Labute approximate surface area is 170 Å². The monoisotopic (exact) mass is 421 g/mol. The van der Waals surface area contributed by atoms with Crippen molar-refractivity contribution in [3.8, 4) is 0 Å². The zero-order valence-electron chi connectivity index (χ0n) is 16.2. The molecule has 1 aliphatic rings. The molecule has 0 radical (unpaired) electrons. The maximum Gasteiger partial charge on any atom is 0.410 e. The number of piperidine rings is 1. The van der Waals surface area contributed by atoms with E-state index >= 15 is 0 Å². The summed E-state index contributed by atoms with van der Waals surface area (Å²) in [4.78, 5) is 21.6. The summed E-state index contributed by atoms with van der Waals surface area (Å²) >= 11 is 13.6. The quantitative estimate of drug-likeness (QED) is 0.645. The standard InChI is InChI=1S/C18H29Cl2N3O2S/c1-12(2)10-23(11-14-15(19)21-16(20)26-14)13-6-8-22(9-7-13)17(24)25-18(3,4)5/h12-13H,6-11H2,1-5H3. The van der Waals surface area contributed by atoms with Gasteiger partial charge in [0.15, 0.2) is 4.47 Å². The predicted octanol–water partition coefficient (Wildman–Crippen LogP) is 5.31. The van der Waals surface area contributed by atoms with Gasteiger partial charge >= 0.3 is 6.09 Å². The van der Waals surface area contributed by atoms with Crippen molar-refractivity contribution in [1.82, 2.24) is 14.8 Å². The van der Waals surface area contributed by atoms with E-state index in [0.29, 0.717) is 34.7 Å². The van der Waals surface area contributed by atoms with Gasteiger partial charge in [0.05, 0.1) is 4.88 Å². The average molecular weight is 422 g/mol. The summed E-state index contributed by atoms with van der Waals surface area (Å²) in [7, 11) is 0. The van der Waals surface area contributed by atoms with Gasteiger partial charge in [-0.3, -0.25) is 4.90 Å². The molecule has 0 N–H and O–H groups in total. The highest BCUT2D eigenvalue weighted by Gasteiger charge is 2.30. The number of carbonyl (C=O) groups excluding carboxylic acids is 1. The average Bonchev–Trinajstić information content (AvgIpc) is 2.82. The zero-order valence-corrected chi connectivity index (χ0v) is 18.5. The number of hydrogen-bond donors (Lipinski definition) is 0. The molecule has 1 fully saturated rings. The van der Waals surface area contributed by atoms with Gasteiger partial charge in [0.2, 0.25) is 0 Å². The van der Waals surface area contributed by atoms with Crippen molar-refractivity contribution in [1.29, 1.82) is 0 Å². The third-order valence-electron chi connectivity index (χ3n) is 4.20. The normalized spacial score (nSPS) is 16.6. The summed E-state index contributed by atoms with van der Waals surface area (Å²) in [6, 6.07) is 0.410. The minimum atomic E-state index is -0.459. The van der Waals surface area contributed by atoms with Gasteiger partial charge < -0.3 is 9.64 Å². The second kappa shape index (κ2) is 9.09. The summed E-state index contributed by atoms with van der Waals surface area (Å²) in [5.41, 5.74) is -0.459. The Morgan fingerprint density at radius 2 is 1.96 bits per heavy atom. The Kier molecular flexibility index (Phi) is 7.60. The number of amides is 1. The van der Waals surface area contributed by atoms with Crippen LogP contribution in [-0.2, 0) is 11.3 Å². The summed E-state index contributed by atoms with van der Waals surface area (Å²) in [6.07, 6.45) is 1.63. The van der Waals surface area contributed by atoms with E-state index in [2.05, 4.69) is 23.7 Å². The van der Waals surface area contributed by atoms with E-state index in [4.69, 9.17) is 27.9 Å². The predicted molar refractivity (Wildman–Crippen MR) is 108 cm³/mol. The fraction of sp³-hybridized carbons (Fsp3) is 0.778. The molecule has 1 amide bonds. The van der Waals surface area contributed by atoms with Crippen LogP contribution in [0.25, 0.3) is 0 Å². The third kappa shape index (κ3) is 6.55. The second-order valence-corrected chi connectivity index (χ2v) is 10.2. The lowest BCUT2D eigenvalue weighted by Crippen LogP contribution is -2.48. The van der Waals surface area contributed by atoms with E-state index in [-0.39, 0.29) is 6.09 Å². The van der Waals surface area contributed by atoms with Crippen LogP contribution in [0.2, 0.25) is 9.62 Å². The first-order chi connectivity index (χ1) is 12.0. The third-order valence-corrected chi connectivity index (χ3v) is 5.77. The lowest BCUT2D eigenvalue weighted by molar-refractivity contribution is 0.0130. The van der Waals surface area contributed by atoms with Gasteiger partial charge in [0, 0.05) is 32.2 Å². The summed E-state index contributed by atoms with van der Waals surface area (Å²) < 4.78 is 5.97. The van der Waals surface area contributed by atoms with Gasteiger partial charge in [0.1, 0.15) is 10.8 Å². The Balaban J connectivity index is 1.98. The molecule has 5 nitrogen and oxygen atoms in total. The minimum absolute atomic E-state index is 0.219. The molecule has 1 aliphatic heterocycles. The molecule has 0 spiro atoms. The lowest BCUT2D eigenvalue weighted by Gasteiger charge is -2.39. The van der Waals surface area contributed by atoms with E-state index < -0.39 is 5.60 Å². The Morgan fingerprint density at radius 3 is 2.42 bits per heavy atom. The highest BCUT2D eigenvalue weighted by molar-refractivity contribution is 7.16. The molecule has 1 aromatic heterocycles. The van der Waals surface area contributed by atoms with E-state index in [9.17, 15) is 4.79 Å². The van der Waals surface area contributed by atoms with E-state index in [1.165, 1.54) is 11.3 Å². The highest BCUT2D eigenvalue weighted by Crippen LogP contribution is 2.30. The van der Waals surface area contributed by atoms with E-state index in [1.54, 1.807) is 0 Å². The van der Waals surface area contributed by atoms with Crippen LogP contribution in [-0.4, -0.2) is 52.2 Å². The number of hydrogen-bond acceptors (Lipinski definition) is 5. The van der Waals surface area contributed by atoms with Gasteiger partial charge in [-0.05, 0) is 39.5 Å². The first kappa shape index (κ1) is 21.7. The lowest BCUT2D eigenvalue weighted by atomic mass is 10.0. The number of carbonyl (C=O) groups is 1. The largest absolute Gasteiger partial charge is 0.444 e. The van der Waals surface area contributed by atoms with Crippen LogP contribution in [0, 0.1) is 5.92 Å². The molecule has 1 aromatic rings. The number of aromatic nitrogens is 1. The Hall–Kier alpha value is -0.560. The van der Waals surface area contributed by atoms with Crippen molar-refractivity contribution in [3.63, 3.8) is 0 Å². The Morgan fingerprint density at radius 1 is 1.35 bits per heavy atom. The van der Waals surface area contributed by atoms with Crippen LogP contribution in [0.5, 0.6) is 0 Å². The molecular weight excluding hydrogens is 393 g/mol. The molecule has 148 valence electrons. The summed E-state index contributed by atoms with van der Waals surface area (Å²) in [5, 5.41) is 0.500. The number of halogens is 2. The molecular formula is C18H29Cl2N3O2S. The second-order valence-electron chi connectivity index (χ2n) is 8.20. The van der Waals surface area contributed by atoms with Crippen molar-refractivity contribution in [2.24, 2.45) is 5.92 Å². The van der Waals surface area contributed by atoms with Crippen LogP contribution < -0.4 is 0 Å². The van der Waals surface area contributed by atoms with Crippen molar-refractivity contribution in [2.75, 3.05) is 19.6 Å². The van der Waals surface area contributed by atoms with Crippen molar-refractivity contribution >= 4 is 40.6 Å². The van der Waals surface area contributed by atoms with Gasteiger partial charge in [-0.1, -0.05) is 37.0 Å². The number of rotatable bonds is 5. The van der Waals surface area contributed by atoms with Crippen LogP contribution in [0.3, 0.4) is 0 Å². The topological polar surface area (TPSA) is 45.7 Å². The van der Waals surface area contributed by atoms with Crippen molar-refractivity contribution in [3.05, 3.63) is 14.5 Å².